The Morgan fingerprint density at radius 3 is 2.32 bits per heavy atom. The summed E-state index contributed by atoms with van der Waals surface area (Å²) in [6.45, 7) is 1.25. The van der Waals surface area contributed by atoms with Crippen LogP contribution < -0.4 is 23.7 Å². The van der Waals surface area contributed by atoms with Crippen LogP contribution in [0.5, 0.6) is 28.2 Å². The number of thiazole rings is 1. The molecule has 3 aromatic rings. The van der Waals surface area contributed by atoms with Crippen molar-refractivity contribution >= 4 is 33.5 Å². The number of piperidine rings is 1. The van der Waals surface area contributed by atoms with Gasteiger partial charge in [-0.1, -0.05) is 11.3 Å². The third-order valence-corrected chi connectivity index (χ3v) is 6.63. The first-order chi connectivity index (χ1) is 16.5. The standard InChI is InChI=1S/C25H28N2O6S/c1-29-18-6-7-22-19(15-18)26-25(34-22)33-17-9-11-27(12-10-17)23(28)8-5-16-13-20(30-2)24(32-4)21(14-16)31-3/h5-8,13-15,17H,9-12H2,1-4H3/b8-5+. The molecule has 2 aromatic carbocycles. The zero-order valence-electron chi connectivity index (χ0n) is 19.7. The number of carbonyl (C=O) groups excluding carboxylic acids is 1. The predicted octanol–water partition coefficient (Wildman–Crippen LogP) is 4.41. The summed E-state index contributed by atoms with van der Waals surface area (Å²) < 4.78 is 28.5. The number of fused-ring (bicyclic) bond motifs is 1. The molecule has 0 saturated carbocycles. The fourth-order valence-corrected chi connectivity index (χ4v) is 4.73. The predicted molar refractivity (Wildman–Crippen MR) is 132 cm³/mol. The van der Waals surface area contributed by atoms with Crippen LogP contribution in [0.25, 0.3) is 16.3 Å². The molecule has 1 amide bonds. The number of likely N-dealkylation sites (tertiary alicyclic amines) is 1. The summed E-state index contributed by atoms with van der Waals surface area (Å²) in [7, 11) is 6.32. The molecule has 0 atom stereocenters. The van der Waals surface area contributed by atoms with E-state index in [0.29, 0.717) is 35.5 Å². The molecule has 1 aliphatic heterocycles. The largest absolute Gasteiger partial charge is 0.497 e. The van der Waals surface area contributed by atoms with E-state index >= 15 is 0 Å². The highest BCUT2D eigenvalue weighted by atomic mass is 32.1. The average molecular weight is 485 g/mol. The number of benzene rings is 2. The summed E-state index contributed by atoms with van der Waals surface area (Å²) >= 11 is 1.52. The molecule has 4 rings (SSSR count). The van der Waals surface area contributed by atoms with Gasteiger partial charge in [0, 0.05) is 38.1 Å². The van der Waals surface area contributed by atoms with Gasteiger partial charge in [-0.05, 0) is 35.9 Å². The summed E-state index contributed by atoms with van der Waals surface area (Å²) in [6, 6.07) is 9.41. The molecule has 0 spiro atoms. The molecule has 34 heavy (non-hydrogen) atoms. The van der Waals surface area contributed by atoms with Gasteiger partial charge in [0.1, 0.15) is 11.9 Å². The van der Waals surface area contributed by atoms with Gasteiger partial charge in [0.25, 0.3) is 5.19 Å². The monoisotopic (exact) mass is 484 g/mol. The van der Waals surface area contributed by atoms with Crippen molar-refractivity contribution in [1.29, 1.82) is 0 Å². The van der Waals surface area contributed by atoms with Crippen molar-refractivity contribution in [3.8, 4) is 28.2 Å². The number of nitrogens with zero attached hydrogens (tertiary/aromatic N) is 2. The van der Waals surface area contributed by atoms with Crippen molar-refractivity contribution in [2.75, 3.05) is 41.5 Å². The number of rotatable bonds is 8. The van der Waals surface area contributed by atoms with Gasteiger partial charge in [-0.3, -0.25) is 4.79 Å². The van der Waals surface area contributed by atoms with Crippen LogP contribution in [0.3, 0.4) is 0 Å². The van der Waals surface area contributed by atoms with Crippen LogP contribution >= 0.6 is 11.3 Å². The number of methoxy groups -OCH3 is 4. The Hall–Kier alpha value is -3.46. The van der Waals surface area contributed by atoms with Crippen LogP contribution in [0.2, 0.25) is 0 Å². The van der Waals surface area contributed by atoms with Crippen molar-refractivity contribution in [1.82, 2.24) is 9.88 Å². The second-order valence-electron chi connectivity index (χ2n) is 7.75. The molecule has 1 aliphatic rings. The Kier molecular flexibility index (Phi) is 7.42. The minimum absolute atomic E-state index is 0.0330. The maximum absolute atomic E-state index is 12.7. The molecule has 9 heteroatoms. The van der Waals surface area contributed by atoms with Crippen LogP contribution in [0.4, 0.5) is 0 Å². The van der Waals surface area contributed by atoms with Gasteiger partial charge in [0.2, 0.25) is 11.7 Å². The highest BCUT2D eigenvalue weighted by molar-refractivity contribution is 7.20. The Bertz CT molecular complexity index is 1160. The molecule has 0 unspecified atom stereocenters. The molecule has 1 aromatic heterocycles. The third-order valence-electron chi connectivity index (χ3n) is 5.70. The molecule has 8 nitrogen and oxygen atoms in total. The van der Waals surface area contributed by atoms with Crippen LogP contribution in [0.1, 0.15) is 18.4 Å². The molecule has 180 valence electrons. The fourth-order valence-electron chi connectivity index (χ4n) is 3.87. The zero-order valence-corrected chi connectivity index (χ0v) is 20.5. The molecule has 0 bridgehead atoms. The summed E-state index contributed by atoms with van der Waals surface area (Å²) in [6.07, 6.45) is 4.87. The minimum Gasteiger partial charge on any atom is -0.497 e. The van der Waals surface area contributed by atoms with Gasteiger partial charge in [0.05, 0.1) is 38.7 Å². The summed E-state index contributed by atoms with van der Waals surface area (Å²) in [5, 5.41) is 0.648. The van der Waals surface area contributed by atoms with Gasteiger partial charge in [0.15, 0.2) is 11.5 Å². The smallest absolute Gasteiger partial charge is 0.274 e. The maximum atomic E-state index is 12.7. The zero-order chi connectivity index (χ0) is 24.1. The molecular weight excluding hydrogens is 456 g/mol. The quantitative estimate of drug-likeness (QED) is 0.438. The Balaban J connectivity index is 1.34. The number of amides is 1. The first-order valence-electron chi connectivity index (χ1n) is 10.9. The van der Waals surface area contributed by atoms with E-state index in [9.17, 15) is 4.79 Å². The van der Waals surface area contributed by atoms with E-state index in [0.717, 1.165) is 34.4 Å². The summed E-state index contributed by atoms with van der Waals surface area (Å²) in [5.74, 6) is 2.33. The lowest BCUT2D eigenvalue weighted by Gasteiger charge is -2.30. The van der Waals surface area contributed by atoms with Gasteiger partial charge in [-0.25, -0.2) is 4.98 Å². The SMILES string of the molecule is COc1ccc2sc(OC3CCN(C(=O)/C=C/c4cc(OC)c(OC)c(OC)c4)CC3)nc2c1. The van der Waals surface area contributed by atoms with E-state index in [2.05, 4.69) is 4.98 Å². The molecule has 0 radical (unpaired) electrons. The first-order valence-corrected chi connectivity index (χ1v) is 11.7. The van der Waals surface area contributed by atoms with Crippen LogP contribution in [0.15, 0.2) is 36.4 Å². The molecule has 1 fully saturated rings. The number of hydrogen-bond donors (Lipinski definition) is 0. The van der Waals surface area contributed by atoms with E-state index in [4.69, 9.17) is 23.7 Å². The average Bonchev–Trinajstić information content (AvgIpc) is 3.28. The van der Waals surface area contributed by atoms with E-state index in [1.54, 1.807) is 52.7 Å². The summed E-state index contributed by atoms with van der Waals surface area (Å²) in [5.41, 5.74) is 1.65. The topological polar surface area (TPSA) is 79.4 Å². The number of hydrogen-bond acceptors (Lipinski definition) is 8. The van der Waals surface area contributed by atoms with Crippen LogP contribution in [0, 0.1) is 0 Å². The second kappa shape index (κ2) is 10.6. The first kappa shape index (κ1) is 23.7. The number of ether oxygens (including phenoxy) is 5. The number of carbonyl (C=O) groups is 1. The van der Waals surface area contributed by atoms with Crippen molar-refractivity contribution in [2.24, 2.45) is 0 Å². The number of aromatic nitrogens is 1. The van der Waals surface area contributed by atoms with Crippen molar-refractivity contribution in [2.45, 2.75) is 18.9 Å². The lowest BCUT2D eigenvalue weighted by Crippen LogP contribution is -2.41. The molecule has 0 N–H and O–H groups in total. The normalized spacial score (nSPS) is 14.4. The van der Waals surface area contributed by atoms with Gasteiger partial charge < -0.3 is 28.6 Å². The van der Waals surface area contributed by atoms with Gasteiger partial charge in [-0.2, -0.15) is 0 Å². The fraction of sp³-hybridized carbons (Fsp3) is 0.360. The minimum atomic E-state index is -0.0423. The van der Waals surface area contributed by atoms with E-state index in [-0.39, 0.29) is 12.0 Å². The lowest BCUT2D eigenvalue weighted by atomic mass is 10.1. The van der Waals surface area contributed by atoms with Crippen molar-refractivity contribution < 1.29 is 28.5 Å². The van der Waals surface area contributed by atoms with Gasteiger partial charge >= 0.3 is 0 Å². The van der Waals surface area contributed by atoms with Crippen LogP contribution in [-0.2, 0) is 4.79 Å². The Morgan fingerprint density at radius 1 is 1.00 bits per heavy atom. The van der Waals surface area contributed by atoms with Gasteiger partial charge in [-0.15, -0.1) is 0 Å². The molecular formula is C25H28N2O6S. The molecule has 1 saturated heterocycles. The lowest BCUT2D eigenvalue weighted by molar-refractivity contribution is -0.127. The Morgan fingerprint density at radius 2 is 1.71 bits per heavy atom. The van der Waals surface area contributed by atoms with E-state index in [1.165, 1.54) is 11.3 Å². The summed E-state index contributed by atoms with van der Waals surface area (Å²) in [4.78, 5) is 19.1. The highest BCUT2D eigenvalue weighted by Crippen LogP contribution is 2.38. The highest BCUT2D eigenvalue weighted by Gasteiger charge is 2.24. The molecule has 0 aliphatic carbocycles. The van der Waals surface area contributed by atoms with E-state index in [1.807, 2.05) is 23.1 Å². The van der Waals surface area contributed by atoms with Crippen LogP contribution in [-0.4, -0.2) is 63.4 Å². The second-order valence-corrected chi connectivity index (χ2v) is 8.74. The van der Waals surface area contributed by atoms with Crippen molar-refractivity contribution in [3.05, 3.63) is 42.0 Å². The third kappa shape index (κ3) is 5.20. The molecule has 2 heterocycles. The van der Waals surface area contributed by atoms with E-state index < -0.39 is 0 Å². The van der Waals surface area contributed by atoms with Crippen molar-refractivity contribution in [3.63, 3.8) is 0 Å². The maximum Gasteiger partial charge on any atom is 0.274 e. The Labute approximate surface area is 202 Å².